The minimum absolute atomic E-state index is 0.127. The predicted octanol–water partition coefficient (Wildman–Crippen LogP) is 2.64. The average molecular weight is 190 g/mol. The molecule has 2 aromatic rings. The number of ether oxygens (including phenoxy) is 1. The molecule has 1 heterocycles. The number of Topliss-reactive ketones (excluding diaryl/α,β-unsaturated/α-hetero) is 1. The van der Waals surface area contributed by atoms with Gasteiger partial charge < -0.3 is 9.15 Å². The van der Waals surface area contributed by atoms with Crippen LogP contribution in [-0.4, -0.2) is 12.9 Å². The molecule has 0 amide bonds. The SMILES string of the molecule is COc1c(C(C)=O)oc2ccccc12. The van der Waals surface area contributed by atoms with Crippen molar-refractivity contribution in [3.8, 4) is 5.75 Å². The zero-order chi connectivity index (χ0) is 10.1. The summed E-state index contributed by atoms with van der Waals surface area (Å²) in [7, 11) is 1.53. The number of para-hydroxylation sites is 1. The summed E-state index contributed by atoms with van der Waals surface area (Å²) in [5.41, 5.74) is 0.676. The maximum atomic E-state index is 11.2. The summed E-state index contributed by atoms with van der Waals surface area (Å²) in [6, 6.07) is 7.41. The Morgan fingerprint density at radius 3 is 2.71 bits per heavy atom. The van der Waals surface area contributed by atoms with Crippen LogP contribution >= 0.6 is 0 Å². The third kappa shape index (κ3) is 1.18. The molecule has 1 aromatic heterocycles. The zero-order valence-corrected chi connectivity index (χ0v) is 8.03. The van der Waals surface area contributed by atoms with Crippen LogP contribution in [0.3, 0.4) is 0 Å². The summed E-state index contributed by atoms with van der Waals surface area (Å²) in [6.45, 7) is 1.46. The Hall–Kier alpha value is -1.77. The minimum Gasteiger partial charge on any atom is -0.492 e. The van der Waals surface area contributed by atoms with E-state index < -0.39 is 0 Å². The quantitative estimate of drug-likeness (QED) is 0.683. The van der Waals surface area contributed by atoms with Crippen LogP contribution in [0.15, 0.2) is 28.7 Å². The highest BCUT2D eigenvalue weighted by Gasteiger charge is 2.17. The molecule has 0 aliphatic heterocycles. The van der Waals surface area contributed by atoms with Crippen molar-refractivity contribution in [3.63, 3.8) is 0 Å². The monoisotopic (exact) mass is 190 g/mol. The molecular formula is C11H10O3. The van der Waals surface area contributed by atoms with Gasteiger partial charge in [0.25, 0.3) is 0 Å². The molecule has 0 atom stereocenters. The highest BCUT2D eigenvalue weighted by molar-refractivity contribution is 6.01. The van der Waals surface area contributed by atoms with Gasteiger partial charge in [0, 0.05) is 6.92 Å². The summed E-state index contributed by atoms with van der Waals surface area (Å²) in [5, 5.41) is 0.834. The van der Waals surface area contributed by atoms with Crippen LogP contribution in [0.25, 0.3) is 11.0 Å². The van der Waals surface area contributed by atoms with Crippen molar-refractivity contribution >= 4 is 16.8 Å². The summed E-state index contributed by atoms with van der Waals surface area (Å²) in [4.78, 5) is 11.2. The molecule has 0 aliphatic carbocycles. The van der Waals surface area contributed by atoms with Gasteiger partial charge in [-0.2, -0.15) is 0 Å². The van der Waals surface area contributed by atoms with Crippen molar-refractivity contribution in [1.29, 1.82) is 0 Å². The first-order chi connectivity index (χ1) is 6.74. The lowest BCUT2D eigenvalue weighted by atomic mass is 10.2. The number of hydrogen-bond acceptors (Lipinski definition) is 3. The number of hydrogen-bond donors (Lipinski definition) is 0. The number of fused-ring (bicyclic) bond motifs is 1. The van der Waals surface area contributed by atoms with Crippen molar-refractivity contribution in [2.24, 2.45) is 0 Å². The zero-order valence-electron chi connectivity index (χ0n) is 8.03. The highest BCUT2D eigenvalue weighted by Crippen LogP contribution is 2.32. The van der Waals surface area contributed by atoms with E-state index in [-0.39, 0.29) is 11.5 Å². The Labute approximate surface area is 81.3 Å². The number of carbonyl (C=O) groups is 1. The molecule has 2 rings (SSSR count). The van der Waals surface area contributed by atoms with Crippen LogP contribution in [0.5, 0.6) is 5.75 Å². The number of benzene rings is 1. The number of rotatable bonds is 2. The standard InChI is InChI=1S/C11H10O3/c1-7(12)10-11(13-2)8-5-3-4-6-9(8)14-10/h3-6H,1-2H3. The fourth-order valence-corrected chi connectivity index (χ4v) is 1.46. The van der Waals surface area contributed by atoms with E-state index in [2.05, 4.69) is 0 Å². The lowest BCUT2D eigenvalue weighted by Crippen LogP contribution is -1.92. The van der Waals surface area contributed by atoms with Crippen LogP contribution in [-0.2, 0) is 0 Å². The van der Waals surface area contributed by atoms with E-state index in [1.54, 1.807) is 0 Å². The Balaban J connectivity index is 2.78. The summed E-state index contributed by atoms with van der Waals surface area (Å²) in [6.07, 6.45) is 0. The van der Waals surface area contributed by atoms with Gasteiger partial charge in [0.1, 0.15) is 5.58 Å². The van der Waals surface area contributed by atoms with E-state index in [0.29, 0.717) is 11.3 Å². The molecule has 3 nitrogen and oxygen atoms in total. The van der Waals surface area contributed by atoms with Gasteiger partial charge in [-0.3, -0.25) is 4.79 Å². The molecule has 0 fully saturated rings. The van der Waals surface area contributed by atoms with E-state index in [1.807, 2.05) is 24.3 Å². The smallest absolute Gasteiger partial charge is 0.212 e. The average Bonchev–Trinajstić information content (AvgIpc) is 2.56. The van der Waals surface area contributed by atoms with Crippen molar-refractivity contribution in [2.45, 2.75) is 6.92 Å². The van der Waals surface area contributed by atoms with E-state index in [4.69, 9.17) is 9.15 Å². The third-order valence-corrected chi connectivity index (χ3v) is 2.07. The molecule has 0 bridgehead atoms. The maximum absolute atomic E-state index is 11.2. The molecule has 0 N–H and O–H groups in total. The van der Waals surface area contributed by atoms with E-state index in [9.17, 15) is 4.79 Å². The first-order valence-corrected chi connectivity index (χ1v) is 4.30. The molecule has 3 heteroatoms. The molecule has 14 heavy (non-hydrogen) atoms. The fraction of sp³-hybridized carbons (Fsp3) is 0.182. The van der Waals surface area contributed by atoms with Crippen LogP contribution in [0.4, 0.5) is 0 Å². The van der Waals surface area contributed by atoms with E-state index in [0.717, 1.165) is 5.39 Å². The summed E-state index contributed by atoms with van der Waals surface area (Å²) >= 11 is 0. The molecular weight excluding hydrogens is 180 g/mol. The summed E-state index contributed by atoms with van der Waals surface area (Å²) < 4.78 is 10.5. The lowest BCUT2D eigenvalue weighted by Gasteiger charge is -1.96. The van der Waals surface area contributed by atoms with Gasteiger partial charge in [-0.1, -0.05) is 12.1 Å². The van der Waals surface area contributed by atoms with Crippen LogP contribution in [0, 0.1) is 0 Å². The molecule has 1 aromatic carbocycles. The van der Waals surface area contributed by atoms with E-state index in [1.165, 1.54) is 14.0 Å². The van der Waals surface area contributed by atoms with E-state index >= 15 is 0 Å². The number of carbonyl (C=O) groups excluding carboxylic acids is 1. The second-order valence-electron chi connectivity index (χ2n) is 3.02. The van der Waals surface area contributed by atoms with Gasteiger partial charge >= 0.3 is 0 Å². The number of ketones is 1. The van der Waals surface area contributed by atoms with Gasteiger partial charge in [-0.05, 0) is 12.1 Å². The topological polar surface area (TPSA) is 39.4 Å². The fourth-order valence-electron chi connectivity index (χ4n) is 1.46. The minimum atomic E-state index is -0.127. The first-order valence-electron chi connectivity index (χ1n) is 4.30. The first kappa shape index (κ1) is 8.81. The molecule has 0 radical (unpaired) electrons. The van der Waals surface area contributed by atoms with Crippen molar-refractivity contribution in [1.82, 2.24) is 0 Å². The third-order valence-electron chi connectivity index (χ3n) is 2.07. The molecule has 0 aliphatic rings. The van der Waals surface area contributed by atoms with Crippen molar-refractivity contribution in [2.75, 3.05) is 7.11 Å². The molecule has 0 unspecified atom stereocenters. The Morgan fingerprint density at radius 2 is 2.07 bits per heavy atom. The largest absolute Gasteiger partial charge is 0.492 e. The molecule has 72 valence electrons. The van der Waals surface area contributed by atoms with Crippen molar-refractivity contribution < 1.29 is 13.9 Å². The van der Waals surface area contributed by atoms with Gasteiger partial charge in [0.05, 0.1) is 12.5 Å². The number of methoxy groups -OCH3 is 1. The molecule has 0 saturated heterocycles. The molecule has 0 saturated carbocycles. The second-order valence-corrected chi connectivity index (χ2v) is 3.02. The highest BCUT2D eigenvalue weighted by atomic mass is 16.5. The summed E-state index contributed by atoms with van der Waals surface area (Å²) in [5.74, 6) is 0.680. The van der Waals surface area contributed by atoms with Gasteiger partial charge in [0.15, 0.2) is 11.5 Å². The predicted molar refractivity (Wildman–Crippen MR) is 52.8 cm³/mol. The Kier molecular flexibility index (Phi) is 2.00. The van der Waals surface area contributed by atoms with Gasteiger partial charge in [-0.15, -0.1) is 0 Å². The lowest BCUT2D eigenvalue weighted by molar-refractivity contribution is 0.0985. The van der Waals surface area contributed by atoms with Gasteiger partial charge in [0.2, 0.25) is 5.76 Å². The second kappa shape index (κ2) is 3.18. The van der Waals surface area contributed by atoms with Crippen LogP contribution in [0.2, 0.25) is 0 Å². The van der Waals surface area contributed by atoms with Crippen LogP contribution in [0.1, 0.15) is 17.5 Å². The van der Waals surface area contributed by atoms with Gasteiger partial charge in [-0.25, -0.2) is 0 Å². The van der Waals surface area contributed by atoms with Crippen molar-refractivity contribution in [3.05, 3.63) is 30.0 Å². The normalized spacial score (nSPS) is 10.4. The Morgan fingerprint density at radius 1 is 1.36 bits per heavy atom. The number of furan rings is 1. The van der Waals surface area contributed by atoms with Crippen LogP contribution < -0.4 is 4.74 Å². The molecule has 0 spiro atoms. The maximum Gasteiger partial charge on any atom is 0.212 e. The Bertz CT molecular complexity index is 482.